The van der Waals surface area contributed by atoms with Crippen molar-refractivity contribution in [2.75, 3.05) is 45.6 Å². The van der Waals surface area contributed by atoms with Crippen LogP contribution >= 0.6 is 11.8 Å². The molecule has 1 amide bonds. The third-order valence-corrected chi connectivity index (χ3v) is 4.93. The Bertz CT molecular complexity index is 537. The molecule has 0 saturated carbocycles. The van der Waals surface area contributed by atoms with Gasteiger partial charge in [0.15, 0.2) is 11.6 Å². The summed E-state index contributed by atoms with van der Waals surface area (Å²) in [7, 11) is 1.69. The molecule has 1 aliphatic heterocycles. The molecule has 0 aliphatic carbocycles. The number of thioether (sulfide) groups is 1. The van der Waals surface area contributed by atoms with Crippen LogP contribution < -0.4 is 0 Å². The molecule has 2 rings (SSSR count). The highest BCUT2D eigenvalue weighted by Crippen LogP contribution is 2.21. The first kappa shape index (κ1) is 18.2. The molecule has 23 heavy (non-hydrogen) atoms. The third kappa shape index (κ3) is 5.16. The molecule has 1 aromatic rings. The van der Waals surface area contributed by atoms with Crippen LogP contribution in [-0.2, 0) is 9.53 Å². The number of piperazine rings is 1. The van der Waals surface area contributed by atoms with Gasteiger partial charge in [-0.3, -0.25) is 9.69 Å². The summed E-state index contributed by atoms with van der Waals surface area (Å²) >= 11 is 1.23. The summed E-state index contributed by atoms with van der Waals surface area (Å²) < 4.78 is 31.2. The van der Waals surface area contributed by atoms with Crippen LogP contribution in [0.1, 0.15) is 6.92 Å². The smallest absolute Gasteiger partial charge is 0.233 e. The average molecular weight is 344 g/mol. The van der Waals surface area contributed by atoms with Crippen LogP contribution in [0.2, 0.25) is 0 Å². The van der Waals surface area contributed by atoms with Crippen molar-refractivity contribution >= 4 is 17.7 Å². The Morgan fingerprint density at radius 3 is 2.57 bits per heavy atom. The number of benzene rings is 1. The normalized spacial score (nSPS) is 17.3. The molecule has 1 atom stereocenters. The fraction of sp³-hybridized carbons (Fsp3) is 0.562. The van der Waals surface area contributed by atoms with Gasteiger partial charge >= 0.3 is 0 Å². The number of hydrogen-bond donors (Lipinski definition) is 0. The second-order valence-corrected chi connectivity index (χ2v) is 6.63. The van der Waals surface area contributed by atoms with Crippen LogP contribution in [0.15, 0.2) is 23.1 Å². The summed E-state index contributed by atoms with van der Waals surface area (Å²) in [6.45, 7) is 5.81. The van der Waals surface area contributed by atoms with Crippen molar-refractivity contribution in [1.29, 1.82) is 0 Å². The minimum Gasteiger partial charge on any atom is -0.383 e. The zero-order chi connectivity index (χ0) is 16.8. The molecule has 0 radical (unpaired) electrons. The maximum absolute atomic E-state index is 13.1. The Balaban J connectivity index is 1.77. The topological polar surface area (TPSA) is 32.8 Å². The van der Waals surface area contributed by atoms with Gasteiger partial charge in [-0.05, 0) is 25.1 Å². The number of nitrogens with zero attached hydrogens (tertiary/aromatic N) is 2. The first-order valence-corrected chi connectivity index (χ1v) is 8.58. The number of ether oxygens (including phenoxy) is 1. The summed E-state index contributed by atoms with van der Waals surface area (Å²) in [6.07, 6.45) is 0. The van der Waals surface area contributed by atoms with E-state index in [1.54, 1.807) is 7.11 Å². The third-order valence-electron chi connectivity index (χ3n) is 3.95. The van der Waals surface area contributed by atoms with Crippen LogP contribution in [0.5, 0.6) is 0 Å². The number of rotatable bonds is 6. The predicted molar refractivity (Wildman–Crippen MR) is 86.6 cm³/mol. The van der Waals surface area contributed by atoms with Crippen molar-refractivity contribution in [2.24, 2.45) is 0 Å². The van der Waals surface area contributed by atoms with Crippen LogP contribution in [0, 0.1) is 11.6 Å². The van der Waals surface area contributed by atoms with E-state index in [2.05, 4.69) is 11.8 Å². The molecule has 0 N–H and O–H groups in total. The van der Waals surface area contributed by atoms with Crippen molar-refractivity contribution in [3.05, 3.63) is 29.8 Å². The molecule has 4 nitrogen and oxygen atoms in total. The van der Waals surface area contributed by atoms with Crippen molar-refractivity contribution in [1.82, 2.24) is 9.80 Å². The standard InChI is InChI=1S/C16H22F2N2O2S/c1-12(10-22-2)19-5-7-20(8-6-19)16(21)11-23-13-3-4-14(17)15(18)9-13/h3-4,9,12H,5-8,10-11H2,1-2H3. The first-order valence-electron chi connectivity index (χ1n) is 7.60. The fourth-order valence-corrected chi connectivity index (χ4v) is 3.39. The lowest BCUT2D eigenvalue weighted by atomic mass is 10.2. The summed E-state index contributed by atoms with van der Waals surface area (Å²) in [4.78, 5) is 16.9. The maximum Gasteiger partial charge on any atom is 0.233 e. The predicted octanol–water partition coefficient (Wildman–Crippen LogP) is 2.24. The Kier molecular flexibility index (Phi) is 6.80. The van der Waals surface area contributed by atoms with Gasteiger partial charge in [-0.15, -0.1) is 11.8 Å². The first-order chi connectivity index (χ1) is 11.0. The van der Waals surface area contributed by atoms with Gasteiger partial charge in [0.25, 0.3) is 0 Å². The Morgan fingerprint density at radius 1 is 1.26 bits per heavy atom. The van der Waals surface area contributed by atoms with E-state index in [-0.39, 0.29) is 11.7 Å². The number of hydrogen-bond acceptors (Lipinski definition) is 4. The van der Waals surface area contributed by atoms with Gasteiger partial charge < -0.3 is 9.64 Å². The fourth-order valence-electron chi connectivity index (χ4n) is 2.56. The highest BCUT2D eigenvalue weighted by Gasteiger charge is 2.23. The van der Waals surface area contributed by atoms with Gasteiger partial charge in [-0.25, -0.2) is 8.78 Å². The van der Waals surface area contributed by atoms with Gasteiger partial charge in [0, 0.05) is 44.2 Å². The Hall–Kier alpha value is -1.18. The van der Waals surface area contributed by atoms with Gasteiger partial charge in [-0.2, -0.15) is 0 Å². The van der Waals surface area contributed by atoms with Crippen molar-refractivity contribution < 1.29 is 18.3 Å². The average Bonchev–Trinajstić information content (AvgIpc) is 2.56. The number of amides is 1. The molecule has 1 aromatic carbocycles. The zero-order valence-corrected chi connectivity index (χ0v) is 14.2. The molecule has 7 heteroatoms. The molecule has 1 saturated heterocycles. The van der Waals surface area contributed by atoms with Crippen LogP contribution in [0.4, 0.5) is 8.78 Å². The number of halogens is 2. The molecule has 1 aliphatic rings. The molecule has 1 heterocycles. The second-order valence-electron chi connectivity index (χ2n) is 5.59. The SMILES string of the molecule is COCC(C)N1CCN(C(=O)CSc2ccc(F)c(F)c2)CC1. The number of carbonyl (C=O) groups excluding carboxylic acids is 1. The van der Waals surface area contributed by atoms with Crippen molar-refractivity contribution in [3.63, 3.8) is 0 Å². The van der Waals surface area contributed by atoms with Gasteiger partial charge in [0.1, 0.15) is 0 Å². The van der Waals surface area contributed by atoms with Gasteiger partial charge in [-0.1, -0.05) is 0 Å². The van der Waals surface area contributed by atoms with E-state index in [1.165, 1.54) is 17.8 Å². The van der Waals surface area contributed by atoms with E-state index in [0.717, 1.165) is 25.2 Å². The summed E-state index contributed by atoms with van der Waals surface area (Å²) in [5, 5.41) is 0. The molecule has 0 aromatic heterocycles. The molecule has 1 fully saturated rings. The summed E-state index contributed by atoms with van der Waals surface area (Å²) in [5.74, 6) is -1.50. The molecular formula is C16H22F2N2O2S. The monoisotopic (exact) mass is 344 g/mol. The molecule has 1 unspecified atom stereocenters. The summed E-state index contributed by atoms with van der Waals surface area (Å²) in [5.41, 5.74) is 0. The van der Waals surface area contributed by atoms with E-state index in [9.17, 15) is 13.6 Å². The quantitative estimate of drug-likeness (QED) is 0.741. The molecule has 0 spiro atoms. The van der Waals surface area contributed by atoms with E-state index in [1.807, 2.05) is 4.90 Å². The Labute approximate surface area is 139 Å². The van der Waals surface area contributed by atoms with Crippen molar-refractivity contribution in [3.8, 4) is 0 Å². The van der Waals surface area contributed by atoms with Crippen LogP contribution in [-0.4, -0.2) is 67.4 Å². The molecule has 128 valence electrons. The molecular weight excluding hydrogens is 322 g/mol. The Morgan fingerprint density at radius 2 is 1.96 bits per heavy atom. The number of methoxy groups -OCH3 is 1. The van der Waals surface area contributed by atoms with E-state index in [0.29, 0.717) is 30.6 Å². The minimum absolute atomic E-state index is 0.0266. The highest BCUT2D eigenvalue weighted by molar-refractivity contribution is 8.00. The molecule has 0 bridgehead atoms. The zero-order valence-electron chi connectivity index (χ0n) is 13.4. The maximum atomic E-state index is 13.1. The van der Waals surface area contributed by atoms with E-state index < -0.39 is 11.6 Å². The van der Waals surface area contributed by atoms with Gasteiger partial charge in [0.05, 0.1) is 12.4 Å². The second kappa shape index (κ2) is 8.61. The summed E-state index contributed by atoms with van der Waals surface area (Å²) in [6, 6.07) is 4.03. The van der Waals surface area contributed by atoms with E-state index >= 15 is 0 Å². The minimum atomic E-state index is -0.886. The van der Waals surface area contributed by atoms with Crippen LogP contribution in [0.3, 0.4) is 0 Å². The lowest BCUT2D eigenvalue weighted by Crippen LogP contribution is -2.52. The lowest BCUT2D eigenvalue weighted by molar-refractivity contribution is -0.130. The van der Waals surface area contributed by atoms with Crippen LogP contribution in [0.25, 0.3) is 0 Å². The van der Waals surface area contributed by atoms with E-state index in [4.69, 9.17) is 4.74 Å². The van der Waals surface area contributed by atoms with Crippen molar-refractivity contribution in [2.45, 2.75) is 17.9 Å². The largest absolute Gasteiger partial charge is 0.383 e. The highest BCUT2D eigenvalue weighted by atomic mass is 32.2. The number of carbonyl (C=O) groups is 1. The van der Waals surface area contributed by atoms with Gasteiger partial charge in [0.2, 0.25) is 5.91 Å². The lowest BCUT2D eigenvalue weighted by Gasteiger charge is -2.37.